The lowest BCUT2D eigenvalue weighted by Gasteiger charge is -2.12. The average Bonchev–Trinajstić information content (AvgIpc) is 3.32. The molecule has 1 saturated heterocycles. The fourth-order valence-corrected chi connectivity index (χ4v) is 4.17. The van der Waals surface area contributed by atoms with Crippen LogP contribution in [0.5, 0.6) is 5.88 Å². The van der Waals surface area contributed by atoms with Crippen LogP contribution in [0.2, 0.25) is 0 Å². The molecule has 1 aliphatic heterocycles. The van der Waals surface area contributed by atoms with Crippen molar-refractivity contribution in [2.24, 2.45) is 11.8 Å². The molecular formula is C23H29N6O4+. The van der Waals surface area contributed by atoms with E-state index in [1.165, 1.54) is 10.6 Å². The van der Waals surface area contributed by atoms with Gasteiger partial charge in [0.05, 0.1) is 29.8 Å². The molecule has 1 aliphatic carbocycles. The Hall–Kier alpha value is -3.61. The Morgan fingerprint density at radius 3 is 2.70 bits per heavy atom. The Kier molecular flexibility index (Phi) is 5.97. The van der Waals surface area contributed by atoms with Gasteiger partial charge in [0.2, 0.25) is 11.5 Å². The molecule has 0 radical (unpaired) electrons. The number of H-pyrrole nitrogens is 1. The van der Waals surface area contributed by atoms with Crippen molar-refractivity contribution in [3.05, 3.63) is 33.3 Å². The Morgan fingerprint density at radius 1 is 1.36 bits per heavy atom. The number of hydrogen-bond acceptors (Lipinski definition) is 5. The van der Waals surface area contributed by atoms with Crippen molar-refractivity contribution in [1.29, 1.82) is 5.26 Å². The first-order chi connectivity index (χ1) is 15.7. The second-order valence-corrected chi connectivity index (χ2v) is 9.30. The van der Waals surface area contributed by atoms with E-state index in [2.05, 4.69) is 16.5 Å². The minimum Gasteiger partial charge on any atom is -0.477 e. The zero-order chi connectivity index (χ0) is 23.9. The number of carbonyl (C=O) groups excluding carboxylic acids is 2. The highest BCUT2D eigenvalue weighted by Crippen LogP contribution is 2.22. The summed E-state index contributed by atoms with van der Waals surface area (Å²) in [7, 11) is 0. The monoisotopic (exact) mass is 453 g/mol. The third-order valence-electron chi connectivity index (χ3n) is 6.05. The third kappa shape index (κ3) is 4.35. The summed E-state index contributed by atoms with van der Waals surface area (Å²) in [4.78, 5) is 40.2. The average molecular weight is 454 g/mol. The van der Waals surface area contributed by atoms with Crippen molar-refractivity contribution in [2.75, 3.05) is 13.1 Å². The van der Waals surface area contributed by atoms with Crippen LogP contribution in [-0.2, 0) is 11.3 Å². The first-order valence-electron chi connectivity index (χ1n) is 11.3. The van der Waals surface area contributed by atoms with Gasteiger partial charge in [-0.05, 0) is 38.2 Å². The largest absolute Gasteiger partial charge is 0.477 e. The number of aromatic amines is 1. The van der Waals surface area contributed by atoms with E-state index >= 15 is 0 Å². The molecule has 1 atom stereocenters. The molecule has 0 spiro atoms. The van der Waals surface area contributed by atoms with Gasteiger partial charge in [0.15, 0.2) is 0 Å². The van der Waals surface area contributed by atoms with E-state index in [-0.39, 0.29) is 35.2 Å². The van der Waals surface area contributed by atoms with E-state index < -0.39 is 11.5 Å². The normalized spacial score (nSPS) is 18.4. The number of aromatic hydroxyl groups is 1. The number of carbonyl (C=O) groups is 2. The predicted octanol–water partition coefficient (Wildman–Crippen LogP) is 0.863. The van der Waals surface area contributed by atoms with Gasteiger partial charge in [-0.1, -0.05) is 18.4 Å². The fraction of sp³-hybridized carbons (Fsp3) is 0.522. The van der Waals surface area contributed by atoms with E-state index in [0.29, 0.717) is 43.0 Å². The SMILES string of the molecule is Cc1[nH]n2c(=O)c(C(=O)NC3CC3)c(O)[n+](CC(C)C)c2c1/C=C/C(=O)N1CC[C@@H](C#N)C1. The lowest BCUT2D eigenvalue weighted by Crippen LogP contribution is -2.46. The van der Waals surface area contributed by atoms with Gasteiger partial charge in [-0.3, -0.25) is 9.59 Å². The first kappa shape index (κ1) is 22.6. The van der Waals surface area contributed by atoms with Crippen molar-refractivity contribution >= 4 is 23.5 Å². The van der Waals surface area contributed by atoms with Crippen LogP contribution in [-0.4, -0.2) is 50.6 Å². The number of rotatable bonds is 6. The molecule has 0 aromatic carbocycles. The van der Waals surface area contributed by atoms with Gasteiger partial charge >= 0.3 is 17.1 Å². The van der Waals surface area contributed by atoms with Crippen molar-refractivity contribution in [2.45, 2.75) is 52.6 Å². The van der Waals surface area contributed by atoms with Crippen molar-refractivity contribution in [3.63, 3.8) is 0 Å². The van der Waals surface area contributed by atoms with E-state index in [1.807, 2.05) is 13.8 Å². The molecule has 2 aromatic rings. The van der Waals surface area contributed by atoms with Crippen LogP contribution in [0.3, 0.4) is 0 Å². The van der Waals surface area contributed by atoms with Crippen LogP contribution in [0.25, 0.3) is 11.7 Å². The zero-order valence-corrected chi connectivity index (χ0v) is 19.1. The Labute approximate surface area is 191 Å². The standard InChI is InChI=1S/C23H28N6O4/c1-13(2)11-28-21-17(6-7-18(30)27-9-8-15(10-24)12-27)14(3)26-29(21)23(33)19(22(28)32)20(31)25-16-4-5-16/h6-7,13,15-16H,4-5,8-9,11-12H2,1-3H3,(H2,25,31,32,33)/p+1/b7-6+/t15-/m0/s1. The van der Waals surface area contributed by atoms with Crippen molar-refractivity contribution in [3.8, 4) is 11.9 Å². The van der Waals surface area contributed by atoms with E-state index in [9.17, 15) is 19.5 Å². The van der Waals surface area contributed by atoms with Crippen molar-refractivity contribution < 1.29 is 19.3 Å². The van der Waals surface area contributed by atoms with Gasteiger partial charge < -0.3 is 15.3 Å². The predicted molar refractivity (Wildman–Crippen MR) is 119 cm³/mol. The van der Waals surface area contributed by atoms with E-state index in [0.717, 1.165) is 12.8 Å². The van der Waals surface area contributed by atoms with E-state index in [1.54, 1.807) is 22.5 Å². The smallest absolute Gasteiger partial charge is 0.378 e. The Morgan fingerprint density at radius 2 is 2.09 bits per heavy atom. The van der Waals surface area contributed by atoms with Crippen LogP contribution in [0.15, 0.2) is 10.9 Å². The molecule has 2 aliphatic rings. The van der Waals surface area contributed by atoms with Gasteiger partial charge in [0.25, 0.3) is 5.91 Å². The minimum atomic E-state index is -0.647. The quantitative estimate of drug-likeness (QED) is 0.441. The van der Waals surface area contributed by atoms with Gasteiger partial charge in [-0.2, -0.15) is 9.83 Å². The molecule has 0 unspecified atom stereocenters. The number of fused-ring (bicyclic) bond motifs is 1. The minimum absolute atomic E-state index is 0.0386. The summed E-state index contributed by atoms with van der Waals surface area (Å²) in [6.07, 6.45) is 5.41. The number of nitrogens with one attached hydrogen (secondary N) is 2. The second-order valence-electron chi connectivity index (χ2n) is 9.30. The summed E-state index contributed by atoms with van der Waals surface area (Å²) in [5.41, 5.74) is 0.622. The maximum absolute atomic E-state index is 13.2. The lowest BCUT2D eigenvalue weighted by atomic mass is 10.1. The highest BCUT2D eigenvalue weighted by Gasteiger charge is 2.35. The van der Waals surface area contributed by atoms with Gasteiger partial charge in [0.1, 0.15) is 0 Å². The first-order valence-corrected chi connectivity index (χ1v) is 11.3. The van der Waals surface area contributed by atoms with Gasteiger partial charge in [0, 0.05) is 25.2 Å². The highest BCUT2D eigenvalue weighted by atomic mass is 16.3. The van der Waals surface area contributed by atoms with Gasteiger partial charge in [-0.15, -0.1) is 0 Å². The molecule has 3 heterocycles. The molecular weight excluding hydrogens is 424 g/mol. The molecule has 2 amide bonds. The number of amides is 2. The summed E-state index contributed by atoms with van der Waals surface area (Å²) in [5.74, 6) is -1.23. The molecule has 2 aromatic heterocycles. The number of nitriles is 1. The Bertz CT molecular complexity index is 1240. The van der Waals surface area contributed by atoms with Gasteiger partial charge in [-0.25, -0.2) is 9.89 Å². The number of nitrogens with zero attached hydrogens (tertiary/aromatic N) is 4. The second kappa shape index (κ2) is 8.73. The molecule has 4 rings (SSSR count). The molecule has 0 bridgehead atoms. The maximum Gasteiger partial charge on any atom is 0.378 e. The van der Waals surface area contributed by atoms with Crippen LogP contribution in [0.4, 0.5) is 0 Å². The molecule has 3 N–H and O–H groups in total. The lowest BCUT2D eigenvalue weighted by molar-refractivity contribution is -0.686. The number of aromatic nitrogens is 3. The van der Waals surface area contributed by atoms with Crippen LogP contribution < -0.4 is 15.4 Å². The highest BCUT2D eigenvalue weighted by molar-refractivity contribution is 5.96. The zero-order valence-electron chi connectivity index (χ0n) is 19.1. The van der Waals surface area contributed by atoms with Crippen molar-refractivity contribution in [1.82, 2.24) is 19.8 Å². The topological polar surface area (TPSA) is 135 Å². The molecule has 33 heavy (non-hydrogen) atoms. The van der Waals surface area contributed by atoms with Crippen LogP contribution in [0, 0.1) is 30.1 Å². The fourth-order valence-electron chi connectivity index (χ4n) is 4.17. The summed E-state index contributed by atoms with van der Waals surface area (Å²) < 4.78 is 2.80. The maximum atomic E-state index is 13.2. The summed E-state index contributed by atoms with van der Waals surface area (Å²) >= 11 is 0. The molecule has 174 valence electrons. The van der Waals surface area contributed by atoms with E-state index in [4.69, 9.17) is 5.26 Å². The number of aryl methyl sites for hydroxylation is 1. The molecule has 10 heteroatoms. The molecule has 10 nitrogen and oxygen atoms in total. The third-order valence-corrected chi connectivity index (χ3v) is 6.05. The summed E-state index contributed by atoms with van der Waals surface area (Å²) in [5, 5.41) is 25.8. The number of likely N-dealkylation sites (tertiary alicyclic amines) is 1. The molecule has 1 saturated carbocycles. The summed E-state index contributed by atoms with van der Waals surface area (Å²) in [6, 6.07) is 2.23. The summed E-state index contributed by atoms with van der Waals surface area (Å²) in [6.45, 7) is 6.99. The van der Waals surface area contributed by atoms with Crippen LogP contribution in [0.1, 0.15) is 54.7 Å². The Balaban J connectivity index is 1.78. The van der Waals surface area contributed by atoms with Crippen LogP contribution >= 0.6 is 0 Å². The number of hydrogen-bond donors (Lipinski definition) is 3. The molecule has 2 fully saturated rings.